The number of carbonyl (C=O) groups is 1. The van der Waals surface area contributed by atoms with Crippen LogP contribution in [0.5, 0.6) is 0 Å². The number of hydrogen-bond acceptors (Lipinski definition) is 3. The van der Waals surface area contributed by atoms with Crippen molar-refractivity contribution in [1.29, 1.82) is 0 Å². The molecule has 5 heteroatoms. The van der Waals surface area contributed by atoms with Crippen LogP contribution in [0.1, 0.15) is 20.3 Å². The van der Waals surface area contributed by atoms with Gasteiger partial charge in [-0.25, -0.2) is 0 Å². The first-order chi connectivity index (χ1) is 7.56. The summed E-state index contributed by atoms with van der Waals surface area (Å²) in [6, 6.07) is 5.99. The van der Waals surface area contributed by atoms with Crippen LogP contribution in [0.2, 0.25) is 0 Å². The van der Waals surface area contributed by atoms with Crippen molar-refractivity contribution in [3.05, 3.63) is 34.4 Å². The van der Waals surface area contributed by atoms with Gasteiger partial charge in [0.25, 0.3) is 5.69 Å². The minimum absolute atomic E-state index is 0.0313. The lowest BCUT2D eigenvalue weighted by atomic mass is 10.2. The molecule has 16 heavy (non-hydrogen) atoms. The number of benzene rings is 1. The Morgan fingerprint density at radius 1 is 1.38 bits per heavy atom. The molecule has 0 spiro atoms. The smallest absolute Gasteiger partial charge is 0.269 e. The van der Waals surface area contributed by atoms with E-state index >= 15 is 0 Å². The van der Waals surface area contributed by atoms with Gasteiger partial charge in [0.2, 0.25) is 5.91 Å². The maximum Gasteiger partial charge on any atom is 0.269 e. The van der Waals surface area contributed by atoms with Crippen molar-refractivity contribution in [2.45, 2.75) is 20.3 Å². The molecule has 1 aromatic carbocycles. The summed E-state index contributed by atoms with van der Waals surface area (Å²) in [4.78, 5) is 23.0. The molecule has 0 aliphatic heterocycles. The highest BCUT2D eigenvalue weighted by atomic mass is 16.6. The summed E-state index contributed by atoms with van der Waals surface area (Å²) in [7, 11) is 0. The van der Waals surface area contributed by atoms with Gasteiger partial charge < -0.3 is 4.90 Å². The fourth-order valence-corrected chi connectivity index (χ4v) is 1.45. The molecule has 86 valence electrons. The lowest BCUT2D eigenvalue weighted by Gasteiger charge is -2.20. The molecule has 1 rings (SSSR count). The standard InChI is InChI=1S/C11H14N2O3/c1-3-8-12(9(2)14)10-4-6-11(7-5-10)13(15)16/h4-7H,3,8H2,1-2H3. The molecular weight excluding hydrogens is 208 g/mol. The van der Waals surface area contributed by atoms with Crippen molar-refractivity contribution in [3.63, 3.8) is 0 Å². The number of non-ortho nitro benzene ring substituents is 1. The van der Waals surface area contributed by atoms with Crippen molar-refractivity contribution in [2.24, 2.45) is 0 Å². The average molecular weight is 222 g/mol. The van der Waals surface area contributed by atoms with Crippen molar-refractivity contribution >= 4 is 17.3 Å². The molecule has 0 heterocycles. The van der Waals surface area contributed by atoms with E-state index in [1.54, 1.807) is 17.0 Å². The van der Waals surface area contributed by atoms with Gasteiger partial charge in [0.15, 0.2) is 0 Å². The molecule has 5 nitrogen and oxygen atoms in total. The van der Waals surface area contributed by atoms with Crippen LogP contribution in [0, 0.1) is 10.1 Å². The fourth-order valence-electron chi connectivity index (χ4n) is 1.45. The van der Waals surface area contributed by atoms with Gasteiger partial charge in [0, 0.05) is 31.3 Å². The Labute approximate surface area is 93.8 Å². The Balaban J connectivity index is 2.94. The molecule has 0 aromatic heterocycles. The fraction of sp³-hybridized carbons (Fsp3) is 0.364. The summed E-state index contributed by atoms with van der Waals surface area (Å²) in [6.45, 7) is 4.07. The summed E-state index contributed by atoms with van der Waals surface area (Å²) in [5.74, 6) is -0.0595. The quantitative estimate of drug-likeness (QED) is 0.580. The van der Waals surface area contributed by atoms with E-state index in [-0.39, 0.29) is 11.6 Å². The normalized spacial score (nSPS) is 9.88. The second-order valence-corrected chi connectivity index (χ2v) is 3.44. The predicted octanol–water partition coefficient (Wildman–Crippen LogP) is 2.36. The molecule has 0 bridgehead atoms. The number of carbonyl (C=O) groups excluding carboxylic acids is 1. The van der Waals surface area contributed by atoms with Gasteiger partial charge in [0.1, 0.15) is 0 Å². The van der Waals surface area contributed by atoms with E-state index in [1.165, 1.54) is 19.1 Å². The number of anilines is 1. The van der Waals surface area contributed by atoms with Gasteiger partial charge in [-0.15, -0.1) is 0 Å². The number of hydrogen-bond donors (Lipinski definition) is 0. The van der Waals surface area contributed by atoms with Gasteiger partial charge >= 0.3 is 0 Å². The Morgan fingerprint density at radius 3 is 2.31 bits per heavy atom. The largest absolute Gasteiger partial charge is 0.313 e. The first-order valence-corrected chi connectivity index (χ1v) is 5.08. The zero-order valence-corrected chi connectivity index (χ0v) is 9.34. The SMILES string of the molecule is CCCN(C(C)=O)c1ccc([N+](=O)[O-])cc1. The van der Waals surface area contributed by atoms with Crippen molar-refractivity contribution in [1.82, 2.24) is 0 Å². The number of nitrogens with zero attached hydrogens (tertiary/aromatic N) is 2. The van der Waals surface area contributed by atoms with E-state index in [0.29, 0.717) is 12.2 Å². The second kappa shape index (κ2) is 5.25. The number of amides is 1. The van der Waals surface area contributed by atoms with Gasteiger partial charge in [0.05, 0.1) is 4.92 Å². The molecule has 1 amide bonds. The van der Waals surface area contributed by atoms with Crippen LogP contribution < -0.4 is 4.90 Å². The first kappa shape index (κ1) is 12.2. The molecule has 0 aliphatic carbocycles. The third-order valence-electron chi connectivity index (χ3n) is 2.20. The van der Waals surface area contributed by atoms with Crippen LogP contribution in [-0.4, -0.2) is 17.4 Å². The minimum Gasteiger partial charge on any atom is -0.313 e. The lowest BCUT2D eigenvalue weighted by molar-refractivity contribution is -0.384. The molecular formula is C11H14N2O3. The number of rotatable bonds is 4. The monoisotopic (exact) mass is 222 g/mol. The molecule has 0 saturated carbocycles. The topological polar surface area (TPSA) is 63.5 Å². The first-order valence-electron chi connectivity index (χ1n) is 5.08. The molecule has 0 N–H and O–H groups in total. The van der Waals surface area contributed by atoms with E-state index in [2.05, 4.69) is 0 Å². The van der Waals surface area contributed by atoms with E-state index in [9.17, 15) is 14.9 Å². The molecule has 0 saturated heterocycles. The van der Waals surface area contributed by atoms with Crippen LogP contribution in [0.25, 0.3) is 0 Å². The van der Waals surface area contributed by atoms with Crippen LogP contribution in [0.3, 0.4) is 0 Å². The van der Waals surface area contributed by atoms with E-state index in [1.807, 2.05) is 6.92 Å². The summed E-state index contributed by atoms with van der Waals surface area (Å²) in [5.41, 5.74) is 0.726. The molecule has 0 atom stereocenters. The third-order valence-corrected chi connectivity index (χ3v) is 2.20. The summed E-state index contributed by atoms with van der Waals surface area (Å²) in [6.07, 6.45) is 0.844. The van der Waals surface area contributed by atoms with Crippen molar-refractivity contribution < 1.29 is 9.72 Å². The Bertz CT molecular complexity index is 387. The summed E-state index contributed by atoms with van der Waals surface area (Å²) >= 11 is 0. The summed E-state index contributed by atoms with van der Waals surface area (Å²) in [5, 5.41) is 10.5. The second-order valence-electron chi connectivity index (χ2n) is 3.44. The minimum atomic E-state index is -0.457. The van der Waals surface area contributed by atoms with E-state index < -0.39 is 4.92 Å². The Hall–Kier alpha value is -1.91. The van der Waals surface area contributed by atoms with Gasteiger partial charge in [-0.3, -0.25) is 14.9 Å². The van der Waals surface area contributed by atoms with Crippen LogP contribution >= 0.6 is 0 Å². The van der Waals surface area contributed by atoms with E-state index in [0.717, 1.165) is 6.42 Å². The van der Waals surface area contributed by atoms with Crippen molar-refractivity contribution in [3.8, 4) is 0 Å². The average Bonchev–Trinajstić information content (AvgIpc) is 2.25. The maximum atomic E-state index is 11.3. The lowest BCUT2D eigenvalue weighted by Crippen LogP contribution is -2.28. The maximum absolute atomic E-state index is 11.3. The molecule has 1 aromatic rings. The highest BCUT2D eigenvalue weighted by Crippen LogP contribution is 2.19. The van der Waals surface area contributed by atoms with Crippen LogP contribution in [0.4, 0.5) is 11.4 Å². The predicted molar refractivity (Wildman–Crippen MR) is 61.4 cm³/mol. The number of nitro groups is 1. The van der Waals surface area contributed by atoms with Gasteiger partial charge in [-0.1, -0.05) is 6.92 Å². The third kappa shape index (κ3) is 2.79. The molecule has 0 fully saturated rings. The van der Waals surface area contributed by atoms with E-state index in [4.69, 9.17) is 0 Å². The zero-order chi connectivity index (χ0) is 12.1. The Kier molecular flexibility index (Phi) is 3.99. The van der Waals surface area contributed by atoms with Crippen molar-refractivity contribution in [2.75, 3.05) is 11.4 Å². The molecule has 0 aliphatic rings. The molecule has 0 unspecified atom stereocenters. The van der Waals surface area contributed by atoms with Crippen LogP contribution in [-0.2, 0) is 4.79 Å². The summed E-state index contributed by atoms with van der Waals surface area (Å²) < 4.78 is 0. The Morgan fingerprint density at radius 2 is 1.94 bits per heavy atom. The number of nitro benzene ring substituents is 1. The molecule has 0 radical (unpaired) electrons. The highest BCUT2D eigenvalue weighted by molar-refractivity contribution is 5.91. The van der Waals surface area contributed by atoms with Crippen LogP contribution in [0.15, 0.2) is 24.3 Å². The van der Waals surface area contributed by atoms with Gasteiger partial charge in [-0.2, -0.15) is 0 Å². The highest BCUT2D eigenvalue weighted by Gasteiger charge is 2.11. The van der Waals surface area contributed by atoms with Gasteiger partial charge in [-0.05, 0) is 18.6 Å². The zero-order valence-electron chi connectivity index (χ0n) is 9.34.